The Morgan fingerprint density at radius 2 is 2.00 bits per heavy atom. The first-order valence-electron chi connectivity index (χ1n) is 7.25. The Hall–Kier alpha value is -2.21. The van der Waals surface area contributed by atoms with Gasteiger partial charge in [-0.1, -0.05) is 0 Å². The first-order chi connectivity index (χ1) is 11.2. The van der Waals surface area contributed by atoms with E-state index in [4.69, 9.17) is 9.47 Å². The maximum atomic E-state index is 12.3. The molecule has 0 saturated carbocycles. The van der Waals surface area contributed by atoms with Crippen LogP contribution in [0.3, 0.4) is 0 Å². The Labute approximate surface area is 139 Å². The molecule has 1 amide bonds. The molecule has 1 unspecified atom stereocenters. The van der Waals surface area contributed by atoms with E-state index in [1.54, 1.807) is 38.4 Å². The van der Waals surface area contributed by atoms with Gasteiger partial charge < -0.3 is 14.4 Å². The van der Waals surface area contributed by atoms with Crippen LogP contribution in [0.25, 0.3) is 0 Å². The highest BCUT2D eigenvalue weighted by molar-refractivity contribution is 8.00. The quantitative estimate of drug-likeness (QED) is 0.844. The van der Waals surface area contributed by atoms with Crippen LogP contribution in [0.5, 0.6) is 11.5 Å². The first kappa shape index (κ1) is 15.7. The Kier molecular flexibility index (Phi) is 4.71. The lowest BCUT2D eigenvalue weighted by Gasteiger charge is -2.26. The number of pyridine rings is 1. The molecule has 1 aliphatic rings. The molecule has 1 aromatic heterocycles. The summed E-state index contributed by atoms with van der Waals surface area (Å²) in [6, 6.07) is 9.53. The highest BCUT2D eigenvalue weighted by Gasteiger charge is 2.34. The molecule has 1 fully saturated rings. The molecule has 0 radical (unpaired) electrons. The van der Waals surface area contributed by atoms with Gasteiger partial charge in [-0.2, -0.15) is 0 Å². The Morgan fingerprint density at radius 1 is 1.22 bits per heavy atom. The number of carbonyl (C=O) groups is 1. The third kappa shape index (κ3) is 3.27. The van der Waals surface area contributed by atoms with Crippen LogP contribution in [-0.4, -0.2) is 35.8 Å². The molecule has 0 spiro atoms. The lowest BCUT2D eigenvalue weighted by molar-refractivity contribution is -0.128. The number of hydrogen-bond acceptors (Lipinski definition) is 5. The summed E-state index contributed by atoms with van der Waals surface area (Å²) < 4.78 is 10.8. The van der Waals surface area contributed by atoms with Gasteiger partial charge in [0, 0.05) is 24.5 Å². The number of rotatable bonds is 5. The topological polar surface area (TPSA) is 51.7 Å². The average Bonchev–Trinajstić information content (AvgIpc) is 2.96. The second-order valence-electron chi connectivity index (χ2n) is 5.15. The van der Waals surface area contributed by atoms with Gasteiger partial charge in [0.05, 0.1) is 20.0 Å². The number of methoxy groups -OCH3 is 2. The molecule has 6 heteroatoms. The summed E-state index contributed by atoms with van der Waals surface area (Å²) in [5.74, 6) is 2.11. The van der Waals surface area contributed by atoms with E-state index in [1.165, 1.54) is 0 Å². The van der Waals surface area contributed by atoms with Crippen molar-refractivity contribution in [1.82, 2.24) is 9.88 Å². The summed E-state index contributed by atoms with van der Waals surface area (Å²) in [6.45, 7) is 0.555. The molecule has 1 saturated heterocycles. The highest BCUT2D eigenvalue weighted by atomic mass is 32.2. The summed E-state index contributed by atoms with van der Waals surface area (Å²) in [6.07, 6.45) is 3.48. The second-order valence-corrected chi connectivity index (χ2v) is 6.22. The molecule has 0 bridgehead atoms. The molecule has 0 aliphatic carbocycles. The van der Waals surface area contributed by atoms with Crippen LogP contribution in [0.15, 0.2) is 42.7 Å². The third-order valence-corrected chi connectivity index (χ3v) is 5.01. The molecule has 5 nitrogen and oxygen atoms in total. The zero-order valence-electron chi connectivity index (χ0n) is 13.1. The first-order valence-corrected chi connectivity index (χ1v) is 8.29. The van der Waals surface area contributed by atoms with Crippen molar-refractivity contribution >= 4 is 17.7 Å². The average molecular weight is 330 g/mol. The molecule has 1 atom stereocenters. The van der Waals surface area contributed by atoms with Crippen molar-refractivity contribution in [2.45, 2.75) is 11.9 Å². The second kappa shape index (κ2) is 6.91. The van der Waals surface area contributed by atoms with Crippen LogP contribution in [0.1, 0.15) is 16.5 Å². The molecular formula is C17H18N2O3S. The van der Waals surface area contributed by atoms with Gasteiger partial charge in [0.15, 0.2) is 0 Å². The number of thioether (sulfide) groups is 1. The minimum absolute atomic E-state index is 0.0827. The van der Waals surface area contributed by atoms with Gasteiger partial charge >= 0.3 is 0 Å². The lowest BCUT2D eigenvalue weighted by atomic mass is 10.1. The molecule has 1 aliphatic heterocycles. The molecule has 0 N–H and O–H groups in total. The summed E-state index contributed by atoms with van der Waals surface area (Å²) >= 11 is 1.60. The minimum Gasteiger partial charge on any atom is -0.497 e. The van der Waals surface area contributed by atoms with Crippen LogP contribution in [0.4, 0.5) is 0 Å². The van der Waals surface area contributed by atoms with E-state index in [0.29, 0.717) is 12.3 Å². The standard InChI is InChI=1S/C17H18N2O3S/c1-21-13-3-4-15(22-2)14(9-13)17-19(16(20)11-23-17)10-12-5-7-18-8-6-12/h3-9,17H,10-11H2,1-2H3. The number of benzene rings is 1. The van der Waals surface area contributed by atoms with Crippen molar-refractivity contribution in [2.75, 3.05) is 20.0 Å². The van der Waals surface area contributed by atoms with E-state index in [1.807, 2.05) is 35.2 Å². The largest absolute Gasteiger partial charge is 0.497 e. The number of aromatic nitrogens is 1. The predicted molar refractivity (Wildman–Crippen MR) is 89.5 cm³/mol. The maximum Gasteiger partial charge on any atom is 0.234 e. The summed E-state index contributed by atoms with van der Waals surface area (Å²) in [7, 11) is 3.27. The maximum absolute atomic E-state index is 12.3. The highest BCUT2D eigenvalue weighted by Crippen LogP contribution is 2.44. The van der Waals surface area contributed by atoms with Crippen molar-refractivity contribution in [3.63, 3.8) is 0 Å². The van der Waals surface area contributed by atoms with Gasteiger partial charge in [-0.3, -0.25) is 9.78 Å². The van der Waals surface area contributed by atoms with E-state index in [9.17, 15) is 4.79 Å². The van der Waals surface area contributed by atoms with E-state index in [2.05, 4.69) is 4.98 Å². The lowest BCUT2D eigenvalue weighted by Crippen LogP contribution is -2.27. The SMILES string of the molecule is COc1ccc(OC)c(C2SCC(=O)N2Cc2ccncc2)c1. The van der Waals surface area contributed by atoms with Crippen LogP contribution >= 0.6 is 11.8 Å². The fourth-order valence-corrected chi connectivity index (χ4v) is 3.80. The number of amides is 1. The third-order valence-electron chi connectivity index (χ3n) is 3.77. The summed E-state index contributed by atoms with van der Waals surface area (Å²) in [4.78, 5) is 18.2. The predicted octanol–water partition coefficient (Wildman–Crippen LogP) is 2.87. The van der Waals surface area contributed by atoms with Gasteiger partial charge in [-0.15, -0.1) is 11.8 Å². The van der Waals surface area contributed by atoms with Crippen molar-refractivity contribution in [1.29, 1.82) is 0 Å². The zero-order valence-corrected chi connectivity index (χ0v) is 13.9. The Bertz CT molecular complexity index is 693. The van der Waals surface area contributed by atoms with Gasteiger partial charge in [0.25, 0.3) is 0 Å². The van der Waals surface area contributed by atoms with Crippen molar-refractivity contribution in [3.05, 3.63) is 53.9 Å². The van der Waals surface area contributed by atoms with Gasteiger partial charge in [-0.05, 0) is 35.9 Å². The van der Waals surface area contributed by atoms with Crippen molar-refractivity contribution < 1.29 is 14.3 Å². The number of carbonyl (C=O) groups excluding carboxylic acids is 1. The van der Waals surface area contributed by atoms with Crippen LogP contribution in [0.2, 0.25) is 0 Å². The molecule has 120 valence electrons. The normalized spacial score (nSPS) is 17.4. The fraction of sp³-hybridized carbons (Fsp3) is 0.294. The van der Waals surface area contributed by atoms with Crippen molar-refractivity contribution in [2.24, 2.45) is 0 Å². The van der Waals surface area contributed by atoms with Gasteiger partial charge in [-0.25, -0.2) is 0 Å². The Morgan fingerprint density at radius 3 is 2.70 bits per heavy atom. The fourth-order valence-electron chi connectivity index (χ4n) is 2.60. The molecule has 2 aromatic rings. The summed E-state index contributed by atoms with van der Waals surface area (Å²) in [5.41, 5.74) is 2.01. The zero-order chi connectivity index (χ0) is 16.2. The number of ether oxygens (including phenoxy) is 2. The molecule has 2 heterocycles. The van der Waals surface area contributed by atoms with Crippen LogP contribution in [-0.2, 0) is 11.3 Å². The molecular weight excluding hydrogens is 312 g/mol. The van der Waals surface area contributed by atoms with Crippen molar-refractivity contribution in [3.8, 4) is 11.5 Å². The number of hydrogen-bond donors (Lipinski definition) is 0. The van der Waals surface area contributed by atoms with Gasteiger partial charge in [0.1, 0.15) is 16.9 Å². The van der Waals surface area contributed by atoms with E-state index >= 15 is 0 Å². The van der Waals surface area contributed by atoms with E-state index in [0.717, 1.165) is 22.6 Å². The number of nitrogens with zero attached hydrogens (tertiary/aromatic N) is 2. The molecule has 1 aromatic carbocycles. The molecule has 23 heavy (non-hydrogen) atoms. The monoisotopic (exact) mass is 330 g/mol. The molecule has 3 rings (SSSR count). The van der Waals surface area contributed by atoms with Crippen LogP contribution < -0.4 is 9.47 Å². The van der Waals surface area contributed by atoms with E-state index < -0.39 is 0 Å². The van der Waals surface area contributed by atoms with Crippen LogP contribution in [0, 0.1) is 0 Å². The van der Waals surface area contributed by atoms with E-state index in [-0.39, 0.29) is 11.3 Å². The minimum atomic E-state index is -0.0827. The smallest absolute Gasteiger partial charge is 0.234 e. The summed E-state index contributed by atoms with van der Waals surface area (Å²) in [5, 5.41) is -0.0827. The van der Waals surface area contributed by atoms with Gasteiger partial charge in [0.2, 0.25) is 5.91 Å². The Balaban J connectivity index is 1.93.